The normalized spacial score (nSPS) is 10.4. The summed E-state index contributed by atoms with van der Waals surface area (Å²) in [6.07, 6.45) is 2.42. The molecule has 0 amide bonds. The number of anilines is 4. The van der Waals surface area contributed by atoms with E-state index in [1.807, 2.05) is 49.4 Å². The molecule has 0 saturated carbocycles. The molecular weight excluding hydrogens is 298 g/mol. The Hall–Kier alpha value is -3.08. The lowest BCUT2D eigenvalue weighted by Crippen LogP contribution is -2.10. The monoisotopic (exact) mass is 319 g/mol. The van der Waals surface area contributed by atoms with Crippen LogP contribution in [0.15, 0.2) is 60.9 Å². The third-order valence-corrected chi connectivity index (χ3v) is 3.71. The van der Waals surface area contributed by atoms with Crippen molar-refractivity contribution in [1.29, 1.82) is 0 Å². The Balaban J connectivity index is 1.66. The second-order valence-electron chi connectivity index (χ2n) is 5.64. The van der Waals surface area contributed by atoms with Crippen molar-refractivity contribution in [3.8, 4) is 0 Å². The van der Waals surface area contributed by atoms with Crippen molar-refractivity contribution in [3.63, 3.8) is 0 Å². The number of hydrogen-bond donors (Lipinski definition) is 3. The number of hydrogen-bond acceptors (Lipinski definition) is 5. The molecule has 1 aromatic heterocycles. The van der Waals surface area contributed by atoms with Crippen LogP contribution in [0.1, 0.15) is 11.1 Å². The standard InChI is InChI=1S/C19H21N5/c1-14-6-5-9-16(12-14)24-19-17(20)18(22-13-23-19)21-11-10-15-7-3-2-4-8-15/h2-9,12-13H,10-11,20H2,1H3,(H2,21,22,23,24). The molecule has 5 heteroatoms. The number of rotatable bonds is 6. The van der Waals surface area contributed by atoms with Crippen molar-refractivity contribution < 1.29 is 0 Å². The SMILES string of the molecule is Cc1cccc(Nc2ncnc(NCCc3ccccc3)c2N)c1. The molecule has 0 atom stereocenters. The number of aromatic nitrogens is 2. The third kappa shape index (κ3) is 4.01. The molecule has 122 valence electrons. The van der Waals surface area contributed by atoms with Gasteiger partial charge in [0.1, 0.15) is 12.0 Å². The molecule has 0 aliphatic rings. The second kappa shape index (κ2) is 7.46. The third-order valence-electron chi connectivity index (χ3n) is 3.71. The highest BCUT2D eigenvalue weighted by atomic mass is 15.1. The number of nitrogens with two attached hydrogens (primary N) is 1. The Kier molecular flexibility index (Phi) is 4.91. The Morgan fingerprint density at radius 3 is 2.54 bits per heavy atom. The molecule has 2 aromatic carbocycles. The predicted molar refractivity (Wildman–Crippen MR) is 99.5 cm³/mol. The van der Waals surface area contributed by atoms with E-state index in [9.17, 15) is 0 Å². The molecule has 3 rings (SSSR count). The molecule has 0 radical (unpaired) electrons. The molecule has 3 aromatic rings. The zero-order valence-electron chi connectivity index (χ0n) is 13.7. The van der Waals surface area contributed by atoms with E-state index in [0.29, 0.717) is 17.3 Å². The van der Waals surface area contributed by atoms with E-state index in [0.717, 1.165) is 18.7 Å². The molecule has 1 heterocycles. The minimum Gasteiger partial charge on any atom is -0.393 e. The largest absolute Gasteiger partial charge is 0.393 e. The highest BCUT2D eigenvalue weighted by Crippen LogP contribution is 2.25. The summed E-state index contributed by atoms with van der Waals surface area (Å²) >= 11 is 0. The van der Waals surface area contributed by atoms with Gasteiger partial charge < -0.3 is 16.4 Å². The smallest absolute Gasteiger partial charge is 0.159 e. The summed E-state index contributed by atoms with van der Waals surface area (Å²) in [7, 11) is 0. The lowest BCUT2D eigenvalue weighted by Gasteiger charge is -2.13. The van der Waals surface area contributed by atoms with Gasteiger partial charge in [-0.25, -0.2) is 9.97 Å². The highest BCUT2D eigenvalue weighted by molar-refractivity contribution is 5.77. The number of benzene rings is 2. The van der Waals surface area contributed by atoms with Crippen LogP contribution in [0.4, 0.5) is 23.0 Å². The number of nitrogens with one attached hydrogen (secondary N) is 2. The van der Waals surface area contributed by atoms with Gasteiger partial charge in [-0.2, -0.15) is 0 Å². The van der Waals surface area contributed by atoms with Gasteiger partial charge in [-0.05, 0) is 36.6 Å². The van der Waals surface area contributed by atoms with Crippen LogP contribution >= 0.6 is 0 Å². The van der Waals surface area contributed by atoms with Crippen molar-refractivity contribution >= 4 is 23.0 Å². The number of nitrogens with zero attached hydrogens (tertiary/aromatic N) is 2. The van der Waals surface area contributed by atoms with E-state index in [2.05, 4.69) is 32.7 Å². The molecule has 0 fully saturated rings. The van der Waals surface area contributed by atoms with Crippen molar-refractivity contribution in [2.75, 3.05) is 22.9 Å². The zero-order chi connectivity index (χ0) is 16.8. The van der Waals surface area contributed by atoms with Gasteiger partial charge in [-0.1, -0.05) is 42.5 Å². The van der Waals surface area contributed by atoms with Crippen LogP contribution < -0.4 is 16.4 Å². The van der Waals surface area contributed by atoms with Crippen LogP contribution in [0, 0.1) is 6.92 Å². The maximum absolute atomic E-state index is 6.20. The van der Waals surface area contributed by atoms with E-state index in [1.54, 1.807) is 0 Å². The Bertz CT molecular complexity index is 802. The molecule has 5 nitrogen and oxygen atoms in total. The van der Waals surface area contributed by atoms with Crippen LogP contribution in [-0.4, -0.2) is 16.5 Å². The summed E-state index contributed by atoms with van der Waals surface area (Å²) in [5.41, 5.74) is 10.1. The minimum atomic E-state index is 0.520. The van der Waals surface area contributed by atoms with E-state index >= 15 is 0 Å². The summed E-state index contributed by atoms with van der Waals surface area (Å²) in [5, 5.41) is 6.53. The fourth-order valence-electron chi connectivity index (χ4n) is 2.47. The van der Waals surface area contributed by atoms with E-state index in [4.69, 9.17) is 5.73 Å². The number of nitrogen functional groups attached to an aromatic ring is 1. The lowest BCUT2D eigenvalue weighted by atomic mass is 10.1. The first-order valence-corrected chi connectivity index (χ1v) is 7.94. The molecule has 0 unspecified atom stereocenters. The maximum Gasteiger partial charge on any atom is 0.159 e. The maximum atomic E-state index is 6.20. The molecule has 0 spiro atoms. The van der Waals surface area contributed by atoms with Crippen LogP contribution in [0.2, 0.25) is 0 Å². The second-order valence-corrected chi connectivity index (χ2v) is 5.64. The van der Waals surface area contributed by atoms with Gasteiger partial charge in [0.05, 0.1) is 0 Å². The number of aryl methyl sites for hydroxylation is 1. The van der Waals surface area contributed by atoms with Crippen molar-refractivity contribution in [3.05, 3.63) is 72.1 Å². The first kappa shape index (κ1) is 15.8. The van der Waals surface area contributed by atoms with Gasteiger partial charge in [0.25, 0.3) is 0 Å². The van der Waals surface area contributed by atoms with Gasteiger partial charge in [0, 0.05) is 12.2 Å². The average molecular weight is 319 g/mol. The summed E-state index contributed by atoms with van der Waals surface area (Å²) in [5.74, 6) is 1.26. The fourth-order valence-corrected chi connectivity index (χ4v) is 2.47. The van der Waals surface area contributed by atoms with Crippen molar-refractivity contribution in [1.82, 2.24) is 9.97 Å². The zero-order valence-corrected chi connectivity index (χ0v) is 13.7. The highest BCUT2D eigenvalue weighted by Gasteiger charge is 2.08. The van der Waals surface area contributed by atoms with Gasteiger partial charge in [-0.3, -0.25) is 0 Å². The van der Waals surface area contributed by atoms with Crippen molar-refractivity contribution in [2.24, 2.45) is 0 Å². The van der Waals surface area contributed by atoms with Gasteiger partial charge >= 0.3 is 0 Å². The molecule has 4 N–H and O–H groups in total. The minimum absolute atomic E-state index is 0.520. The van der Waals surface area contributed by atoms with Gasteiger partial charge in [0.15, 0.2) is 11.6 Å². The van der Waals surface area contributed by atoms with Crippen LogP contribution in [-0.2, 0) is 6.42 Å². The fraction of sp³-hybridized carbons (Fsp3) is 0.158. The van der Waals surface area contributed by atoms with Gasteiger partial charge in [0.2, 0.25) is 0 Å². The molecule has 24 heavy (non-hydrogen) atoms. The van der Waals surface area contributed by atoms with Crippen LogP contribution in [0.3, 0.4) is 0 Å². The van der Waals surface area contributed by atoms with Crippen molar-refractivity contribution in [2.45, 2.75) is 13.3 Å². The Labute approximate surface area is 142 Å². The summed E-state index contributed by atoms with van der Waals surface area (Å²) < 4.78 is 0. The first-order chi connectivity index (χ1) is 11.7. The van der Waals surface area contributed by atoms with Gasteiger partial charge in [-0.15, -0.1) is 0 Å². The van der Waals surface area contributed by atoms with E-state index in [1.165, 1.54) is 17.5 Å². The molecule has 0 aliphatic heterocycles. The predicted octanol–water partition coefficient (Wildman–Crippen LogP) is 3.77. The summed E-state index contributed by atoms with van der Waals surface area (Å²) in [6.45, 7) is 2.81. The van der Waals surface area contributed by atoms with Crippen LogP contribution in [0.5, 0.6) is 0 Å². The van der Waals surface area contributed by atoms with Crippen LogP contribution in [0.25, 0.3) is 0 Å². The quantitative estimate of drug-likeness (QED) is 0.645. The Morgan fingerprint density at radius 2 is 1.75 bits per heavy atom. The first-order valence-electron chi connectivity index (χ1n) is 7.94. The Morgan fingerprint density at radius 1 is 0.958 bits per heavy atom. The average Bonchev–Trinajstić information content (AvgIpc) is 2.59. The molecule has 0 bridgehead atoms. The molecule has 0 saturated heterocycles. The topological polar surface area (TPSA) is 75.9 Å². The molecular formula is C19H21N5. The summed E-state index contributed by atoms with van der Waals surface area (Å²) in [6, 6.07) is 18.4. The molecule has 0 aliphatic carbocycles. The summed E-state index contributed by atoms with van der Waals surface area (Å²) in [4.78, 5) is 8.48. The van der Waals surface area contributed by atoms with E-state index < -0.39 is 0 Å². The van der Waals surface area contributed by atoms with E-state index in [-0.39, 0.29) is 0 Å². The lowest BCUT2D eigenvalue weighted by molar-refractivity contribution is 1.00.